The fourth-order valence-electron chi connectivity index (χ4n) is 1.34. The molecule has 0 fully saturated rings. The summed E-state index contributed by atoms with van der Waals surface area (Å²) in [5, 5.41) is 2.92. The van der Waals surface area contributed by atoms with Crippen molar-refractivity contribution in [3.05, 3.63) is 23.8 Å². The normalized spacial score (nSPS) is 11.9. The van der Waals surface area contributed by atoms with Crippen LogP contribution in [0.25, 0.3) is 0 Å². The van der Waals surface area contributed by atoms with Gasteiger partial charge in [0.05, 0.1) is 5.56 Å². The van der Waals surface area contributed by atoms with Crippen molar-refractivity contribution in [1.82, 2.24) is 4.90 Å². The maximum Gasteiger partial charge on any atom is 0.418 e. The van der Waals surface area contributed by atoms with E-state index < -0.39 is 11.7 Å². The maximum atomic E-state index is 12.6. The van der Waals surface area contributed by atoms with E-state index >= 15 is 0 Å². The van der Waals surface area contributed by atoms with E-state index in [4.69, 9.17) is 5.73 Å². The Bertz CT molecular complexity index is 375. The van der Waals surface area contributed by atoms with Crippen LogP contribution in [0.15, 0.2) is 18.2 Å². The number of alkyl halides is 3. The first-order valence-corrected chi connectivity index (χ1v) is 5.16. The first-order chi connectivity index (χ1) is 7.80. The van der Waals surface area contributed by atoms with Crippen molar-refractivity contribution in [3.8, 4) is 0 Å². The Kier molecular flexibility index (Phi) is 4.22. The molecular weight excluding hydrogens is 231 g/mol. The van der Waals surface area contributed by atoms with Crippen LogP contribution in [0.4, 0.5) is 24.5 Å². The predicted molar refractivity (Wildman–Crippen MR) is 62.9 cm³/mol. The minimum Gasteiger partial charge on any atom is -0.398 e. The summed E-state index contributed by atoms with van der Waals surface area (Å²) in [6, 6.07) is 3.84. The van der Waals surface area contributed by atoms with Crippen LogP contribution in [0.3, 0.4) is 0 Å². The topological polar surface area (TPSA) is 41.3 Å². The largest absolute Gasteiger partial charge is 0.418 e. The van der Waals surface area contributed by atoms with E-state index in [2.05, 4.69) is 5.32 Å². The number of benzene rings is 1. The highest BCUT2D eigenvalue weighted by atomic mass is 19.4. The predicted octanol–water partition coefficient (Wildman–Crippen LogP) is 2.26. The van der Waals surface area contributed by atoms with Crippen molar-refractivity contribution in [3.63, 3.8) is 0 Å². The highest BCUT2D eigenvalue weighted by Crippen LogP contribution is 2.34. The Morgan fingerprint density at radius 2 is 1.94 bits per heavy atom. The summed E-state index contributed by atoms with van der Waals surface area (Å²) in [6.07, 6.45) is -4.41. The quantitative estimate of drug-likeness (QED) is 0.802. The molecule has 96 valence electrons. The molecule has 1 aromatic carbocycles. The molecule has 3 N–H and O–H groups in total. The maximum absolute atomic E-state index is 12.6. The Labute approximate surface area is 98.4 Å². The van der Waals surface area contributed by atoms with Gasteiger partial charge in [-0.2, -0.15) is 13.2 Å². The second-order valence-electron chi connectivity index (χ2n) is 4.03. The Hall–Kier alpha value is -1.43. The Balaban J connectivity index is 2.76. The summed E-state index contributed by atoms with van der Waals surface area (Å²) in [5.41, 5.74) is 4.67. The van der Waals surface area contributed by atoms with Crippen LogP contribution in [0, 0.1) is 0 Å². The summed E-state index contributed by atoms with van der Waals surface area (Å²) in [4.78, 5) is 1.94. The van der Waals surface area contributed by atoms with Crippen LogP contribution >= 0.6 is 0 Å². The average molecular weight is 247 g/mol. The average Bonchev–Trinajstić information content (AvgIpc) is 2.18. The lowest BCUT2D eigenvalue weighted by molar-refractivity contribution is -0.136. The van der Waals surface area contributed by atoms with Crippen molar-refractivity contribution >= 4 is 11.4 Å². The second kappa shape index (κ2) is 5.27. The van der Waals surface area contributed by atoms with Crippen molar-refractivity contribution < 1.29 is 13.2 Å². The number of anilines is 2. The summed E-state index contributed by atoms with van der Waals surface area (Å²) in [6.45, 7) is 1.32. The molecular formula is C11H16F3N3. The smallest absolute Gasteiger partial charge is 0.398 e. The van der Waals surface area contributed by atoms with Crippen LogP contribution in [-0.4, -0.2) is 32.1 Å². The SMILES string of the molecule is CN(C)CCNc1ccc(N)c(C(F)(F)F)c1. The van der Waals surface area contributed by atoms with Crippen LogP contribution in [0.5, 0.6) is 0 Å². The van der Waals surface area contributed by atoms with Gasteiger partial charge in [0.15, 0.2) is 0 Å². The molecule has 1 rings (SSSR count). The number of halogens is 3. The van der Waals surface area contributed by atoms with Gasteiger partial charge in [0.25, 0.3) is 0 Å². The molecule has 6 heteroatoms. The van der Waals surface area contributed by atoms with Gasteiger partial charge in [-0.1, -0.05) is 0 Å². The summed E-state index contributed by atoms with van der Waals surface area (Å²) in [5.74, 6) is 0. The molecule has 0 spiro atoms. The molecule has 1 aromatic rings. The van der Waals surface area contributed by atoms with Gasteiger partial charge in [-0.3, -0.25) is 0 Å². The van der Waals surface area contributed by atoms with Crippen LogP contribution in [0.1, 0.15) is 5.56 Å². The van der Waals surface area contributed by atoms with E-state index in [1.54, 1.807) is 6.07 Å². The Morgan fingerprint density at radius 1 is 1.29 bits per heavy atom. The summed E-state index contributed by atoms with van der Waals surface area (Å²) >= 11 is 0. The molecule has 0 aliphatic rings. The zero-order valence-electron chi connectivity index (χ0n) is 9.80. The number of hydrogen-bond acceptors (Lipinski definition) is 3. The fourth-order valence-corrected chi connectivity index (χ4v) is 1.34. The van der Waals surface area contributed by atoms with Gasteiger partial charge in [0.2, 0.25) is 0 Å². The van der Waals surface area contributed by atoms with Gasteiger partial charge in [-0.25, -0.2) is 0 Å². The molecule has 0 bridgehead atoms. The lowest BCUT2D eigenvalue weighted by Crippen LogP contribution is -2.21. The molecule has 17 heavy (non-hydrogen) atoms. The van der Waals surface area contributed by atoms with Crippen LogP contribution in [-0.2, 0) is 6.18 Å². The van der Waals surface area contributed by atoms with Crippen molar-refractivity contribution in [2.45, 2.75) is 6.18 Å². The molecule has 0 amide bonds. The lowest BCUT2D eigenvalue weighted by Gasteiger charge is -2.14. The molecule has 0 unspecified atom stereocenters. The lowest BCUT2D eigenvalue weighted by atomic mass is 10.1. The number of likely N-dealkylation sites (N-methyl/N-ethyl adjacent to an activating group) is 1. The number of hydrogen-bond donors (Lipinski definition) is 2. The molecule has 0 aliphatic heterocycles. The molecule has 0 radical (unpaired) electrons. The van der Waals surface area contributed by atoms with E-state index in [0.717, 1.165) is 12.6 Å². The second-order valence-corrected chi connectivity index (χ2v) is 4.03. The number of nitrogen functional groups attached to an aromatic ring is 1. The summed E-state index contributed by atoms with van der Waals surface area (Å²) < 4.78 is 37.7. The zero-order valence-corrected chi connectivity index (χ0v) is 9.80. The third kappa shape index (κ3) is 4.14. The van der Waals surface area contributed by atoms with E-state index in [1.807, 2.05) is 19.0 Å². The first kappa shape index (κ1) is 13.6. The van der Waals surface area contributed by atoms with E-state index in [0.29, 0.717) is 12.2 Å². The minimum absolute atomic E-state index is 0.254. The minimum atomic E-state index is -4.41. The van der Waals surface area contributed by atoms with E-state index in [9.17, 15) is 13.2 Å². The van der Waals surface area contributed by atoms with Crippen LogP contribution < -0.4 is 11.1 Å². The summed E-state index contributed by atoms with van der Waals surface area (Å²) in [7, 11) is 3.79. The number of rotatable bonds is 4. The van der Waals surface area contributed by atoms with Gasteiger partial charge in [0, 0.05) is 24.5 Å². The van der Waals surface area contributed by atoms with Gasteiger partial charge < -0.3 is 16.0 Å². The monoisotopic (exact) mass is 247 g/mol. The highest BCUT2D eigenvalue weighted by Gasteiger charge is 2.33. The molecule has 0 saturated heterocycles. The third-order valence-electron chi connectivity index (χ3n) is 2.25. The van der Waals surface area contributed by atoms with Crippen LogP contribution in [0.2, 0.25) is 0 Å². The third-order valence-corrected chi connectivity index (χ3v) is 2.25. The van der Waals surface area contributed by atoms with Gasteiger partial charge in [-0.05, 0) is 32.3 Å². The van der Waals surface area contributed by atoms with E-state index in [-0.39, 0.29) is 5.69 Å². The highest BCUT2D eigenvalue weighted by molar-refractivity contribution is 5.58. The van der Waals surface area contributed by atoms with Gasteiger partial charge >= 0.3 is 6.18 Å². The van der Waals surface area contributed by atoms with Crippen molar-refractivity contribution in [1.29, 1.82) is 0 Å². The number of nitrogens with two attached hydrogens (primary N) is 1. The van der Waals surface area contributed by atoms with Crippen molar-refractivity contribution in [2.75, 3.05) is 38.2 Å². The number of nitrogens with one attached hydrogen (secondary N) is 1. The fraction of sp³-hybridized carbons (Fsp3) is 0.455. The van der Waals surface area contributed by atoms with Crippen molar-refractivity contribution in [2.24, 2.45) is 0 Å². The molecule has 0 saturated carbocycles. The molecule has 0 heterocycles. The standard InChI is InChI=1S/C11H16F3N3/c1-17(2)6-5-16-8-3-4-10(15)9(7-8)11(12,13)14/h3-4,7,16H,5-6,15H2,1-2H3. The molecule has 0 aromatic heterocycles. The first-order valence-electron chi connectivity index (χ1n) is 5.16. The van der Waals surface area contributed by atoms with Gasteiger partial charge in [-0.15, -0.1) is 0 Å². The van der Waals surface area contributed by atoms with Gasteiger partial charge in [0.1, 0.15) is 0 Å². The molecule has 3 nitrogen and oxygen atoms in total. The van der Waals surface area contributed by atoms with E-state index in [1.165, 1.54) is 6.07 Å². The zero-order chi connectivity index (χ0) is 13.1. The molecule has 0 aliphatic carbocycles. The number of nitrogens with zero attached hydrogens (tertiary/aromatic N) is 1. The molecule has 0 atom stereocenters. The Morgan fingerprint density at radius 3 is 2.47 bits per heavy atom.